The molecule has 1 aliphatic rings. The number of hydrogen-bond acceptors (Lipinski definition) is 5. The van der Waals surface area contributed by atoms with Gasteiger partial charge in [0.15, 0.2) is 0 Å². The maximum atomic E-state index is 12.7. The Morgan fingerprint density at radius 3 is 2.39 bits per heavy atom. The Balaban J connectivity index is 1.28. The third kappa shape index (κ3) is 7.15. The molecule has 0 aliphatic carbocycles. The number of nitrogens with zero attached hydrogens (tertiary/aromatic N) is 3. The molecule has 1 amide bonds. The summed E-state index contributed by atoms with van der Waals surface area (Å²) < 4.78 is 0. The third-order valence-electron chi connectivity index (χ3n) is 6.71. The lowest BCUT2D eigenvalue weighted by molar-refractivity contribution is 0.102. The van der Waals surface area contributed by atoms with Crippen molar-refractivity contribution in [2.45, 2.75) is 45.1 Å². The molecule has 0 spiro atoms. The highest BCUT2D eigenvalue weighted by Crippen LogP contribution is 2.23. The highest BCUT2D eigenvalue weighted by molar-refractivity contribution is 6.04. The maximum Gasteiger partial charge on any atom is 0.255 e. The Morgan fingerprint density at radius 2 is 1.72 bits per heavy atom. The van der Waals surface area contributed by atoms with Gasteiger partial charge in [-0.3, -0.25) is 9.69 Å². The molecule has 1 aromatic heterocycles. The molecular formula is C30H38N4O2. The molecule has 1 saturated heterocycles. The standard InChI is InChI=1S/C30H38N4O2/c1-30(2,3)25-12-10-24(11-13-25)29(36)32-26-14-15-28(31-21-26)34-17-7-16-33(18-19-34)22-27(35)20-23-8-5-4-6-9-23/h4-6,8-15,21,27,35H,7,16-20,22H2,1-3H3,(H,32,36). The van der Waals surface area contributed by atoms with Crippen molar-refractivity contribution in [3.63, 3.8) is 0 Å². The number of hydrogen-bond donors (Lipinski definition) is 2. The number of carbonyl (C=O) groups is 1. The summed E-state index contributed by atoms with van der Waals surface area (Å²) in [4.78, 5) is 21.9. The van der Waals surface area contributed by atoms with E-state index in [0.717, 1.165) is 38.4 Å². The van der Waals surface area contributed by atoms with E-state index in [2.05, 4.69) is 53.0 Å². The van der Waals surface area contributed by atoms with E-state index >= 15 is 0 Å². The Hall–Kier alpha value is -3.22. The van der Waals surface area contributed by atoms with Crippen LogP contribution in [0, 0.1) is 0 Å². The first kappa shape index (κ1) is 25.9. The number of aromatic nitrogens is 1. The van der Waals surface area contributed by atoms with Gasteiger partial charge in [0, 0.05) is 31.7 Å². The molecular weight excluding hydrogens is 448 g/mol. The first-order chi connectivity index (χ1) is 17.3. The van der Waals surface area contributed by atoms with Gasteiger partial charge in [-0.15, -0.1) is 0 Å². The van der Waals surface area contributed by atoms with E-state index in [1.165, 1.54) is 11.1 Å². The van der Waals surface area contributed by atoms with Gasteiger partial charge < -0.3 is 15.3 Å². The van der Waals surface area contributed by atoms with Gasteiger partial charge in [-0.1, -0.05) is 63.2 Å². The smallest absolute Gasteiger partial charge is 0.255 e. The summed E-state index contributed by atoms with van der Waals surface area (Å²) in [7, 11) is 0. The second-order valence-corrected chi connectivity index (χ2v) is 10.7. The van der Waals surface area contributed by atoms with Gasteiger partial charge in [0.1, 0.15) is 5.82 Å². The molecule has 2 heterocycles. The van der Waals surface area contributed by atoms with E-state index in [4.69, 9.17) is 0 Å². The molecule has 2 aromatic carbocycles. The predicted octanol–water partition coefficient (Wildman–Crippen LogP) is 4.75. The summed E-state index contributed by atoms with van der Waals surface area (Å²) in [6.07, 6.45) is 3.05. The van der Waals surface area contributed by atoms with Crippen LogP contribution in [0.25, 0.3) is 0 Å². The summed E-state index contributed by atoms with van der Waals surface area (Å²) in [5, 5.41) is 13.5. The number of β-amino-alcohol motifs (C(OH)–C–C–N with tert-alkyl or cyclic N) is 1. The van der Waals surface area contributed by atoms with Gasteiger partial charge in [0.05, 0.1) is 18.0 Å². The average Bonchev–Trinajstić information content (AvgIpc) is 3.10. The number of anilines is 2. The molecule has 6 nitrogen and oxygen atoms in total. The highest BCUT2D eigenvalue weighted by atomic mass is 16.3. The number of nitrogens with one attached hydrogen (secondary N) is 1. The topological polar surface area (TPSA) is 68.7 Å². The molecule has 1 aliphatic heterocycles. The van der Waals surface area contributed by atoms with Crippen LogP contribution in [0.5, 0.6) is 0 Å². The Morgan fingerprint density at radius 1 is 0.972 bits per heavy atom. The van der Waals surface area contributed by atoms with Gasteiger partial charge in [-0.05, 0) is 60.2 Å². The van der Waals surface area contributed by atoms with E-state index in [1.54, 1.807) is 6.20 Å². The van der Waals surface area contributed by atoms with Gasteiger partial charge in [0.2, 0.25) is 0 Å². The van der Waals surface area contributed by atoms with E-state index in [-0.39, 0.29) is 17.4 Å². The number of carbonyl (C=O) groups excluding carboxylic acids is 1. The SMILES string of the molecule is CC(C)(C)c1ccc(C(=O)Nc2ccc(N3CCCN(CC(O)Cc4ccccc4)CC3)nc2)cc1. The largest absolute Gasteiger partial charge is 0.391 e. The zero-order chi connectivity index (χ0) is 25.5. The quantitative estimate of drug-likeness (QED) is 0.505. The second-order valence-electron chi connectivity index (χ2n) is 10.7. The van der Waals surface area contributed by atoms with Gasteiger partial charge in [0.25, 0.3) is 5.91 Å². The number of rotatable bonds is 7. The fourth-order valence-electron chi connectivity index (χ4n) is 4.60. The molecule has 6 heteroatoms. The molecule has 1 fully saturated rings. The van der Waals surface area contributed by atoms with E-state index < -0.39 is 0 Å². The fourth-order valence-corrected chi connectivity index (χ4v) is 4.60. The lowest BCUT2D eigenvalue weighted by Gasteiger charge is -2.24. The predicted molar refractivity (Wildman–Crippen MR) is 147 cm³/mol. The molecule has 4 rings (SSSR count). The van der Waals surface area contributed by atoms with Crippen molar-refractivity contribution >= 4 is 17.4 Å². The van der Waals surface area contributed by atoms with Crippen molar-refractivity contribution in [2.24, 2.45) is 0 Å². The van der Waals surface area contributed by atoms with Gasteiger partial charge in [-0.25, -0.2) is 4.98 Å². The zero-order valence-electron chi connectivity index (χ0n) is 21.7. The number of amides is 1. The zero-order valence-corrected chi connectivity index (χ0v) is 21.7. The monoisotopic (exact) mass is 486 g/mol. The number of benzene rings is 2. The Kier molecular flexibility index (Phi) is 8.39. The molecule has 2 N–H and O–H groups in total. The van der Waals surface area contributed by atoms with Crippen LogP contribution in [0.4, 0.5) is 11.5 Å². The minimum Gasteiger partial charge on any atom is -0.391 e. The number of pyridine rings is 1. The lowest BCUT2D eigenvalue weighted by atomic mass is 9.87. The average molecular weight is 487 g/mol. The fraction of sp³-hybridized carbons (Fsp3) is 0.400. The molecule has 0 radical (unpaired) electrons. The van der Waals surface area contributed by atoms with Crippen molar-refractivity contribution in [1.29, 1.82) is 0 Å². The van der Waals surface area contributed by atoms with E-state index in [1.807, 2.05) is 54.6 Å². The van der Waals surface area contributed by atoms with Crippen LogP contribution in [0.3, 0.4) is 0 Å². The van der Waals surface area contributed by atoms with E-state index in [9.17, 15) is 9.90 Å². The lowest BCUT2D eigenvalue weighted by Crippen LogP contribution is -2.36. The third-order valence-corrected chi connectivity index (χ3v) is 6.71. The Bertz CT molecular complexity index is 1110. The van der Waals surface area contributed by atoms with Crippen LogP contribution in [-0.4, -0.2) is 59.7 Å². The summed E-state index contributed by atoms with van der Waals surface area (Å²) >= 11 is 0. The maximum absolute atomic E-state index is 12.7. The molecule has 0 saturated carbocycles. The van der Waals surface area contributed by atoms with Crippen LogP contribution in [0.15, 0.2) is 72.9 Å². The first-order valence-electron chi connectivity index (χ1n) is 12.9. The molecule has 0 bridgehead atoms. The van der Waals surface area contributed by atoms with Crippen molar-refractivity contribution < 1.29 is 9.90 Å². The molecule has 36 heavy (non-hydrogen) atoms. The highest BCUT2D eigenvalue weighted by Gasteiger charge is 2.19. The molecule has 3 aromatic rings. The van der Waals surface area contributed by atoms with Gasteiger partial charge in [-0.2, -0.15) is 0 Å². The van der Waals surface area contributed by atoms with Crippen LogP contribution in [-0.2, 0) is 11.8 Å². The van der Waals surface area contributed by atoms with Crippen molar-refractivity contribution in [1.82, 2.24) is 9.88 Å². The van der Waals surface area contributed by atoms with Crippen molar-refractivity contribution in [3.05, 3.63) is 89.6 Å². The normalized spacial score (nSPS) is 15.8. The second kappa shape index (κ2) is 11.7. The summed E-state index contributed by atoms with van der Waals surface area (Å²) in [6.45, 7) is 10.8. The van der Waals surface area contributed by atoms with Crippen LogP contribution < -0.4 is 10.2 Å². The van der Waals surface area contributed by atoms with Crippen molar-refractivity contribution in [3.8, 4) is 0 Å². The van der Waals surface area contributed by atoms with E-state index in [0.29, 0.717) is 24.2 Å². The molecule has 190 valence electrons. The number of aliphatic hydroxyl groups excluding tert-OH is 1. The summed E-state index contributed by atoms with van der Waals surface area (Å²) in [5.41, 5.74) is 3.74. The number of aliphatic hydroxyl groups is 1. The Labute approximate surface area is 215 Å². The first-order valence-corrected chi connectivity index (χ1v) is 12.9. The van der Waals surface area contributed by atoms with Crippen LogP contribution >= 0.6 is 0 Å². The minimum atomic E-state index is -0.371. The minimum absolute atomic E-state index is 0.0566. The molecule has 1 atom stereocenters. The molecule has 1 unspecified atom stereocenters. The van der Waals surface area contributed by atoms with Crippen LogP contribution in [0.1, 0.15) is 48.7 Å². The van der Waals surface area contributed by atoms with Crippen molar-refractivity contribution in [2.75, 3.05) is 42.9 Å². The van der Waals surface area contributed by atoms with Gasteiger partial charge >= 0.3 is 0 Å². The summed E-state index contributed by atoms with van der Waals surface area (Å²) in [5.74, 6) is 0.777. The van der Waals surface area contributed by atoms with Crippen LogP contribution in [0.2, 0.25) is 0 Å². The summed E-state index contributed by atoms with van der Waals surface area (Å²) in [6, 6.07) is 21.8.